The molecule has 0 saturated heterocycles. The van der Waals surface area contributed by atoms with Gasteiger partial charge in [-0.15, -0.1) is 0 Å². The number of hydrogen-bond donors (Lipinski definition) is 2. The second-order valence-corrected chi connectivity index (χ2v) is 4.13. The lowest BCUT2D eigenvalue weighted by atomic mass is 10.2. The number of nitrogens with zero attached hydrogens (tertiary/aromatic N) is 2. The van der Waals surface area contributed by atoms with Gasteiger partial charge in [0.05, 0.1) is 11.1 Å². The maximum Gasteiger partial charge on any atom is 0.141 e. The largest absolute Gasteiger partial charge is 0.303 e. The Bertz CT molecular complexity index is 486. The van der Waals surface area contributed by atoms with Gasteiger partial charge in [-0.3, -0.25) is 5.10 Å². The van der Waals surface area contributed by atoms with E-state index >= 15 is 0 Å². The average Bonchev–Trinajstić information content (AvgIpc) is 2.84. The molecule has 90 valence electrons. The minimum Gasteiger partial charge on any atom is -0.303 e. The van der Waals surface area contributed by atoms with Crippen LogP contribution in [0.4, 0.5) is 4.39 Å². The molecule has 2 rings (SSSR count). The summed E-state index contributed by atoms with van der Waals surface area (Å²) in [6.07, 6.45) is 1.46. The van der Waals surface area contributed by atoms with Gasteiger partial charge in [0.15, 0.2) is 0 Å². The van der Waals surface area contributed by atoms with Crippen molar-refractivity contribution in [1.82, 2.24) is 20.5 Å². The molecule has 0 bridgehead atoms. The summed E-state index contributed by atoms with van der Waals surface area (Å²) >= 11 is 5.70. The molecule has 1 unspecified atom stereocenters. The molecule has 4 nitrogen and oxygen atoms in total. The van der Waals surface area contributed by atoms with Gasteiger partial charge in [-0.05, 0) is 24.6 Å². The molecular formula is C11H12ClFN4. The minimum absolute atomic E-state index is 0.0429. The van der Waals surface area contributed by atoms with E-state index in [1.807, 2.05) is 6.92 Å². The molecule has 0 aliphatic rings. The number of aromatic nitrogens is 3. The summed E-state index contributed by atoms with van der Waals surface area (Å²) in [6.45, 7) is 2.55. The van der Waals surface area contributed by atoms with Crippen molar-refractivity contribution in [2.24, 2.45) is 0 Å². The quantitative estimate of drug-likeness (QED) is 0.881. The van der Waals surface area contributed by atoms with E-state index in [9.17, 15) is 4.39 Å². The van der Waals surface area contributed by atoms with Crippen molar-refractivity contribution < 1.29 is 4.39 Å². The standard InChI is InChI=1S/C11H12ClFN4/c1-7(11-15-6-16-17-11)14-5-8-2-3-10(13)9(12)4-8/h2-4,6-7,14H,5H2,1H3,(H,15,16,17). The third-order valence-electron chi connectivity index (χ3n) is 2.44. The number of H-pyrrole nitrogens is 1. The van der Waals surface area contributed by atoms with Crippen molar-refractivity contribution in [3.8, 4) is 0 Å². The van der Waals surface area contributed by atoms with E-state index in [2.05, 4.69) is 20.5 Å². The Hall–Kier alpha value is -1.46. The van der Waals surface area contributed by atoms with Gasteiger partial charge >= 0.3 is 0 Å². The molecule has 0 saturated carbocycles. The minimum atomic E-state index is -0.404. The van der Waals surface area contributed by atoms with Crippen molar-refractivity contribution in [3.05, 3.63) is 46.8 Å². The van der Waals surface area contributed by atoms with Gasteiger partial charge in [-0.1, -0.05) is 17.7 Å². The Morgan fingerprint density at radius 3 is 3.00 bits per heavy atom. The number of nitrogens with one attached hydrogen (secondary N) is 2. The fourth-order valence-electron chi connectivity index (χ4n) is 1.44. The molecular weight excluding hydrogens is 243 g/mol. The van der Waals surface area contributed by atoms with Crippen LogP contribution in [0.3, 0.4) is 0 Å². The van der Waals surface area contributed by atoms with Gasteiger partial charge in [-0.25, -0.2) is 9.37 Å². The SMILES string of the molecule is CC(NCc1ccc(F)c(Cl)c1)c1ncn[nH]1. The monoisotopic (exact) mass is 254 g/mol. The lowest BCUT2D eigenvalue weighted by Gasteiger charge is -2.11. The number of hydrogen-bond acceptors (Lipinski definition) is 3. The molecule has 0 amide bonds. The molecule has 2 N–H and O–H groups in total. The van der Waals surface area contributed by atoms with Crippen molar-refractivity contribution >= 4 is 11.6 Å². The summed E-state index contributed by atoms with van der Waals surface area (Å²) in [5, 5.41) is 9.93. The van der Waals surface area contributed by atoms with Crippen LogP contribution in [-0.2, 0) is 6.54 Å². The molecule has 2 aromatic rings. The summed E-state index contributed by atoms with van der Waals surface area (Å²) in [4.78, 5) is 4.04. The summed E-state index contributed by atoms with van der Waals surface area (Å²) < 4.78 is 12.9. The van der Waals surface area contributed by atoms with E-state index in [0.29, 0.717) is 6.54 Å². The third-order valence-corrected chi connectivity index (χ3v) is 2.73. The number of rotatable bonds is 4. The average molecular weight is 255 g/mol. The summed E-state index contributed by atoms with van der Waals surface area (Å²) in [5.41, 5.74) is 0.919. The van der Waals surface area contributed by atoms with Crippen LogP contribution in [0.1, 0.15) is 24.4 Å². The smallest absolute Gasteiger partial charge is 0.141 e. The van der Waals surface area contributed by atoms with Gasteiger partial charge in [0.1, 0.15) is 18.0 Å². The third kappa shape index (κ3) is 3.01. The fraction of sp³-hybridized carbons (Fsp3) is 0.273. The second-order valence-electron chi connectivity index (χ2n) is 3.72. The molecule has 0 aliphatic heterocycles. The van der Waals surface area contributed by atoms with Gasteiger partial charge in [-0.2, -0.15) is 5.10 Å². The molecule has 1 heterocycles. The topological polar surface area (TPSA) is 53.6 Å². The first-order chi connectivity index (χ1) is 8.16. The second kappa shape index (κ2) is 5.25. The number of aromatic amines is 1. The molecule has 1 aromatic heterocycles. The molecule has 1 atom stereocenters. The predicted octanol–water partition coefficient (Wildman–Crippen LogP) is 2.45. The van der Waals surface area contributed by atoms with E-state index in [1.165, 1.54) is 12.4 Å². The van der Waals surface area contributed by atoms with E-state index in [4.69, 9.17) is 11.6 Å². The van der Waals surface area contributed by atoms with Crippen LogP contribution >= 0.6 is 11.6 Å². The zero-order valence-electron chi connectivity index (χ0n) is 9.24. The van der Waals surface area contributed by atoms with Crippen LogP contribution in [0.25, 0.3) is 0 Å². The van der Waals surface area contributed by atoms with Crippen LogP contribution in [0.2, 0.25) is 5.02 Å². The van der Waals surface area contributed by atoms with Crippen molar-refractivity contribution in [2.45, 2.75) is 19.5 Å². The molecule has 0 aliphatic carbocycles. The maximum atomic E-state index is 12.9. The molecule has 1 aromatic carbocycles. The highest BCUT2D eigenvalue weighted by molar-refractivity contribution is 6.30. The van der Waals surface area contributed by atoms with Crippen molar-refractivity contribution in [2.75, 3.05) is 0 Å². The zero-order chi connectivity index (χ0) is 12.3. The summed E-state index contributed by atoms with van der Waals surface area (Å²) in [6, 6.07) is 4.71. The highest BCUT2D eigenvalue weighted by atomic mass is 35.5. The Morgan fingerprint density at radius 1 is 1.53 bits per heavy atom. The normalized spacial score (nSPS) is 12.6. The molecule has 6 heteroatoms. The van der Waals surface area contributed by atoms with E-state index in [1.54, 1.807) is 12.1 Å². The van der Waals surface area contributed by atoms with E-state index in [-0.39, 0.29) is 11.1 Å². The Kier molecular flexibility index (Phi) is 3.71. The Morgan fingerprint density at radius 2 is 2.35 bits per heavy atom. The molecule has 0 radical (unpaired) electrons. The highest BCUT2D eigenvalue weighted by Gasteiger charge is 2.08. The zero-order valence-corrected chi connectivity index (χ0v) is 10.0. The lowest BCUT2D eigenvalue weighted by Crippen LogP contribution is -2.19. The van der Waals surface area contributed by atoms with Gasteiger partial charge in [0, 0.05) is 6.54 Å². The van der Waals surface area contributed by atoms with Gasteiger partial charge < -0.3 is 5.32 Å². The first kappa shape index (κ1) is 12.0. The van der Waals surface area contributed by atoms with Crippen LogP contribution in [0, 0.1) is 5.82 Å². The molecule has 0 spiro atoms. The highest BCUT2D eigenvalue weighted by Crippen LogP contribution is 2.16. The van der Waals surface area contributed by atoms with Crippen LogP contribution in [0.15, 0.2) is 24.5 Å². The van der Waals surface area contributed by atoms with Crippen molar-refractivity contribution in [3.63, 3.8) is 0 Å². The van der Waals surface area contributed by atoms with Gasteiger partial charge in [0.2, 0.25) is 0 Å². The van der Waals surface area contributed by atoms with Crippen LogP contribution < -0.4 is 5.32 Å². The first-order valence-corrected chi connectivity index (χ1v) is 5.57. The Balaban J connectivity index is 1.96. The van der Waals surface area contributed by atoms with E-state index < -0.39 is 5.82 Å². The summed E-state index contributed by atoms with van der Waals surface area (Å²) in [7, 11) is 0. The van der Waals surface area contributed by atoms with Gasteiger partial charge in [0.25, 0.3) is 0 Å². The van der Waals surface area contributed by atoms with Crippen LogP contribution in [-0.4, -0.2) is 15.2 Å². The lowest BCUT2D eigenvalue weighted by molar-refractivity contribution is 0.547. The van der Waals surface area contributed by atoms with Crippen molar-refractivity contribution in [1.29, 1.82) is 0 Å². The fourth-order valence-corrected chi connectivity index (χ4v) is 1.64. The molecule has 0 fully saturated rings. The first-order valence-electron chi connectivity index (χ1n) is 5.19. The maximum absolute atomic E-state index is 12.9. The number of benzene rings is 1. The predicted molar refractivity (Wildman–Crippen MR) is 63.0 cm³/mol. The van der Waals surface area contributed by atoms with Crippen LogP contribution in [0.5, 0.6) is 0 Å². The van der Waals surface area contributed by atoms with E-state index in [0.717, 1.165) is 11.4 Å². The Labute approximate surface area is 103 Å². The number of halogens is 2. The summed E-state index contributed by atoms with van der Waals surface area (Å²) in [5.74, 6) is 0.358. The molecule has 17 heavy (non-hydrogen) atoms.